The van der Waals surface area contributed by atoms with Crippen LogP contribution >= 0.6 is 0 Å². The number of aliphatic hydroxyl groups is 1. The van der Waals surface area contributed by atoms with Crippen LogP contribution in [0.15, 0.2) is 24.3 Å². The summed E-state index contributed by atoms with van der Waals surface area (Å²) in [5, 5.41) is 19.4. The van der Waals surface area contributed by atoms with Gasteiger partial charge in [0.05, 0.1) is 19.3 Å². The summed E-state index contributed by atoms with van der Waals surface area (Å²) in [5.41, 5.74) is 0.597. The summed E-state index contributed by atoms with van der Waals surface area (Å²) in [6.07, 6.45) is 5.66. The highest BCUT2D eigenvalue weighted by Crippen LogP contribution is 2.49. The average Bonchev–Trinajstić information content (AvgIpc) is 3.24. The molecule has 4 atom stereocenters. The van der Waals surface area contributed by atoms with E-state index in [0.717, 1.165) is 25.2 Å². The first-order valence-electron chi connectivity index (χ1n) is 11.9. The van der Waals surface area contributed by atoms with Crippen LogP contribution in [0.4, 0.5) is 0 Å². The van der Waals surface area contributed by atoms with E-state index in [1.807, 2.05) is 12.1 Å². The van der Waals surface area contributed by atoms with Crippen molar-refractivity contribution in [3.8, 4) is 6.07 Å². The summed E-state index contributed by atoms with van der Waals surface area (Å²) in [4.78, 5) is 28.8. The number of carbonyl (C=O) groups excluding carboxylic acids is 2. The summed E-state index contributed by atoms with van der Waals surface area (Å²) < 4.78 is 4.98. The van der Waals surface area contributed by atoms with Crippen molar-refractivity contribution in [1.82, 2.24) is 9.80 Å². The van der Waals surface area contributed by atoms with Crippen LogP contribution in [-0.2, 0) is 9.53 Å². The predicted molar refractivity (Wildman–Crippen MR) is 117 cm³/mol. The minimum Gasteiger partial charge on any atom is -0.376 e. The second-order valence-electron chi connectivity index (χ2n) is 10.1. The van der Waals surface area contributed by atoms with Crippen LogP contribution < -0.4 is 0 Å². The van der Waals surface area contributed by atoms with Gasteiger partial charge in [0, 0.05) is 37.7 Å². The lowest BCUT2D eigenvalue weighted by Crippen LogP contribution is -2.64. The summed E-state index contributed by atoms with van der Waals surface area (Å²) in [6, 6.07) is 10.5. The Morgan fingerprint density at radius 2 is 1.62 bits per heavy atom. The van der Waals surface area contributed by atoms with Crippen LogP contribution in [0, 0.1) is 29.1 Å². The van der Waals surface area contributed by atoms with Crippen molar-refractivity contribution in [3.63, 3.8) is 0 Å². The van der Waals surface area contributed by atoms with Gasteiger partial charge in [0.2, 0.25) is 0 Å². The molecule has 4 unspecified atom stereocenters. The van der Waals surface area contributed by atoms with Gasteiger partial charge < -0.3 is 19.6 Å². The van der Waals surface area contributed by atoms with E-state index in [2.05, 4.69) is 18.2 Å². The van der Waals surface area contributed by atoms with Crippen LogP contribution in [-0.4, -0.2) is 71.7 Å². The Balaban J connectivity index is 1.16. The van der Waals surface area contributed by atoms with Crippen molar-refractivity contribution < 1.29 is 19.4 Å². The summed E-state index contributed by atoms with van der Waals surface area (Å²) in [5.74, 6) is 1.85. The Kier molecular flexibility index (Phi) is 5.68. The van der Waals surface area contributed by atoms with Gasteiger partial charge in [-0.05, 0) is 67.6 Å². The van der Waals surface area contributed by atoms with E-state index in [1.54, 1.807) is 9.80 Å². The topological polar surface area (TPSA) is 93.9 Å². The molecule has 2 aliphatic heterocycles. The van der Waals surface area contributed by atoms with Crippen molar-refractivity contribution in [3.05, 3.63) is 35.4 Å². The highest BCUT2D eigenvalue weighted by atomic mass is 16.5. The molecule has 5 rings (SSSR count). The second kappa shape index (κ2) is 8.49. The first-order chi connectivity index (χ1) is 15.5. The minimum atomic E-state index is -1.38. The van der Waals surface area contributed by atoms with E-state index in [9.17, 15) is 20.0 Å². The van der Waals surface area contributed by atoms with Crippen LogP contribution in [0.1, 0.15) is 53.9 Å². The largest absolute Gasteiger partial charge is 0.376 e. The molecule has 2 saturated heterocycles. The molecular formula is C25H31N3O4. The van der Waals surface area contributed by atoms with Crippen molar-refractivity contribution >= 4 is 11.8 Å². The first kappa shape index (κ1) is 21.4. The lowest BCUT2D eigenvalue weighted by atomic mass is 9.73. The molecule has 0 bridgehead atoms. The lowest BCUT2D eigenvalue weighted by molar-refractivity contribution is -0.201. The van der Waals surface area contributed by atoms with Crippen LogP contribution in [0.5, 0.6) is 0 Å². The van der Waals surface area contributed by atoms with Crippen molar-refractivity contribution in [2.75, 3.05) is 39.4 Å². The molecule has 0 spiro atoms. The maximum atomic E-state index is 13.0. The molecule has 2 saturated carbocycles. The minimum absolute atomic E-state index is 0.00861. The third-order valence-corrected chi connectivity index (χ3v) is 8.06. The van der Waals surface area contributed by atoms with Gasteiger partial charge >= 0.3 is 0 Å². The third-order valence-electron chi connectivity index (χ3n) is 8.06. The number of amides is 2. The SMILES string of the molecule is N#CC1CC2CCC(c3ccc(C(=O)N4CCN(C(=O)C5(O)COC5)CC4)cc3)CC2C1. The number of benzene rings is 1. The van der Waals surface area contributed by atoms with E-state index in [-0.39, 0.29) is 30.9 Å². The fourth-order valence-corrected chi connectivity index (χ4v) is 6.07. The molecule has 4 fully saturated rings. The molecular weight excluding hydrogens is 406 g/mol. The summed E-state index contributed by atoms with van der Waals surface area (Å²) in [6.45, 7) is 1.90. The summed E-state index contributed by atoms with van der Waals surface area (Å²) >= 11 is 0. The van der Waals surface area contributed by atoms with E-state index in [4.69, 9.17) is 4.74 Å². The normalized spacial score (nSPS) is 31.4. The zero-order valence-electron chi connectivity index (χ0n) is 18.4. The number of ether oxygens (including phenoxy) is 1. The molecule has 4 aliphatic rings. The predicted octanol–water partition coefficient (Wildman–Crippen LogP) is 2.17. The molecule has 2 heterocycles. The number of carbonyl (C=O) groups is 2. The van der Waals surface area contributed by atoms with Gasteiger partial charge in [0.25, 0.3) is 11.8 Å². The second-order valence-corrected chi connectivity index (χ2v) is 10.1. The number of hydrogen-bond donors (Lipinski definition) is 1. The molecule has 0 radical (unpaired) electrons. The fourth-order valence-electron chi connectivity index (χ4n) is 6.07. The van der Waals surface area contributed by atoms with Gasteiger partial charge in [0.15, 0.2) is 5.60 Å². The van der Waals surface area contributed by atoms with Gasteiger partial charge in [-0.25, -0.2) is 0 Å². The van der Waals surface area contributed by atoms with Crippen LogP contribution in [0.2, 0.25) is 0 Å². The van der Waals surface area contributed by atoms with Gasteiger partial charge in [-0.2, -0.15) is 5.26 Å². The Morgan fingerprint density at radius 1 is 0.969 bits per heavy atom. The molecule has 1 aromatic rings. The molecule has 0 aromatic heterocycles. The molecule has 1 aromatic carbocycles. The Morgan fingerprint density at radius 3 is 2.25 bits per heavy atom. The highest BCUT2D eigenvalue weighted by molar-refractivity contribution is 5.94. The van der Waals surface area contributed by atoms with Crippen molar-refractivity contribution in [2.45, 2.75) is 43.6 Å². The fraction of sp³-hybridized carbons (Fsp3) is 0.640. The maximum absolute atomic E-state index is 13.0. The number of fused-ring (bicyclic) bond motifs is 1. The Hall–Kier alpha value is -2.43. The average molecular weight is 438 g/mol. The number of rotatable bonds is 3. The smallest absolute Gasteiger partial charge is 0.259 e. The quantitative estimate of drug-likeness (QED) is 0.782. The van der Waals surface area contributed by atoms with E-state index in [0.29, 0.717) is 43.6 Å². The lowest BCUT2D eigenvalue weighted by Gasteiger charge is -2.42. The third kappa shape index (κ3) is 3.91. The molecule has 7 nitrogen and oxygen atoms in total. The van der Waals surface area contributed by atoms with Crippen molar-refractivity contribution in [2.24, 2.45) is 17.8 Å². The Labute approximate surface area is 188 Å². The maximum Gasteiger partial charge on any atom is 0.259 e. The van der Waals surface area contributed by atoms with E-state index >= 15 is 0 Å². The molecule has 2 aliphatic carbocycles. The highest BCUT2D eigenvalue weighted by Gasteiger charge is 2.47. The van der Waals surface area contributed by atoms with Gasteiger partial charge in [-0.15, -0.1) is 0 Å². The molecule has 1 N–H and O–H groups in total. The molecule has 32 heavy (non-hydrogen) atoms. The molecule has 7 heteroatoms. The zero-order chi connectivity index (χ0) is 22.3. The number of piperazine rings is 1. The number of nitrogens with zero attached hydrogens (tertiary/aromatic N) is 3. The standard InChI is InChI=1S/C25H31N3O4/c26-14-17-11-20-5-6-21(13-22(20)12-17)18-1-3-19(4-2-18)23(29)27-7-9-28(10-8-27)24(30)25(31)15-32-16-25/h1-4,17,20-22,31H,5-13,15-16H2. The van der Waals surface area contributed by atoms with Gasteiger partial charge in [0.1, 0.15) is 0 Å². The number of nitriles is 1. The first-order valence-corrected chi connectivity index (χ1v) is 11.9. The van der Waals surface area contributed by atoms with E-state index < -0.39 is 5.60 Å². The van der Waals surface area contributed by atoms with Gasteiger partial charge in [-0.1, -0.05) is 12.1 Å². The molecule has 170 valence electrons. The van der Waals surface area contributed by atoms with Crippen LogP contribution in [0.25, 0.3) is 0 Å². The van der Waals surface area contributed by atoms with E-state index in [1.165, 1.54) is 18.4 Å². The summed E-state index contributed by atoms with van der Waals surface area (Å²) in [7, 11) is 0. The zero-order valence-corrected chi connectivity index (χ0v) is 18.4. The molecule has 2 amide bonds. The monoisotopic (exact) mass is 437 g/mol. The van der Waals surface area contributed by atoms with Crippen LogP contribution in [0.3, 0.4) is 0 Å². The van der Waals surface area contributed by atoms with Crippen molar-refractivity contribution in [1.29, 1.82) is 5.26 Å². The van der Waals surface area contributed by atoms with Gasteiger partial charge in [-0.3, -0.25) is 9.59 Å². The number of hydrogen-bond acceptors (Lipinski definition) is 5. The Bertz CT molecular complexity index is 912.